The van der Waals surface area contributed by atoms with Gasteiger partial charge in [0.15, 0.2) is 0 Å². The quantitative estimate of drug-likeness (QED) is 0.714. The molecule has 2 aliphatic rings. The molecule has 2 aromatic carbocycles. The lowest BCUT2D eigenvalue weighted by atomic mass is 10.1. The van der Waals surface area contributed by atoms with E-state index in [1.165, 1.54) is 16.8 Å². The Bertz CT molecular complexity index is 944. The van der Waals surface area contributed by atoms with Gasteiger partial charge in [-0.1, -0.05) is 36.4 Å². The largest absolute Gasteiger partial charge is 0.379 e. The van der Waals surface area contributed by atoms with E-state index in [2.05, 4.69) is 69.0 Å². The Kier molecular flexibility index (Phi) is 4.14. The maximum absolute atomic E-state index is 6.01. The molecule has 0 saturated carbocycles. The van der Waals surface area contributed by atoms with E-state index in [0.717, 1.165) is 43.4 Å². The van der Waals surface area contributed by atoms with Crippen molar-refractivity contribution in [2.24, 2.45) is 0 Å². The van der Waals surface area contributed by atoms with Crippen LogP contribution in [-0.4, -0.2) is 24.7 Å². The van der Waals surface area contributed by atoms with E-state index in [4.69, 9.17) is 4.74 Å². The third-order valence-electron chi connectivity index (χ3n) is 5.22. The summed E-state index contributed by atoms with van der Waals surface area (Å²) in [6, 6.07) is 21.1. The first kappa shape index (κ1) is 16.1. The highest BCUT2D eigenvalue weighted by Gasteiger charge is 2.23. The van der Waals surface area contributed by atoms with Crippen LogP contribution >= 0.6 is 0 Å². The third kappa shape index (κ3) is 3.22. The zero-order valence-electron chi connectivity index (χ0n) is 15.1. The number of nitrogens with one attached hydrogen (secondary N) is 2. The minimum Gasteiger partial charge on any atom is -0.379 e. The first-order chi connectivity index (χ1) is 13.4. The highest BCUT2D eigenvalue weighted by molar-refractivity contribution is 5.79. The summed E-state index contributed by atoms with van der Waals surface area (Å²) in [5.74, 6) is 0.923. The van der Waals surface area contributed by atoms with Gasteiger partial charge in [-0.25, -0.2) is 4.98 Å². The smallest absolute Gasteiger partial charge is 0.135 e. The lowest BCUT2D eigenvalue weighted by Crippen LogP contribution is -2.38. The lowest BCUT2D eigenvalue weighted by Gasteiger charge is -2.35. The maximum Gasteiger partial charge on any atom is 0.135 e. The second-order valence-corrected chi connectivity index (χ2v) is 6.94. The highest BCUT2D eigenvalue weighted by atomic mass is 16.5. The summed E-state index contributed by atoms with van der Waals surface area (Å²) in [6.07, 6.45) is 1.93. The molecule has 1 fully saturated rings. The second kappa shape index (κ2) is 6.93. The van der Waals surface area contributed by atoms with Crippen molar-refractivity contribution in [1.82, 2.24) is 4.98 Å². The lowest BCUT2D eigenvalue weighted by molar-refractivity contribution is 0.0398. The zero-order chi connectivity index (χ0) is 18.1. The number of hydrogen-bond donors (Lipinski definition) is 2. The van der Waals surface area contributed by atoms with Crippen molar-refractivity contribution in [1.29, 1.82) is 0 Å². The number of anilines is 4. The Balaban J connectivity index is 1.39. The number of ether oxygens (including phenoxy) is 1. The molecular formula is C22H22N4O. The van der Waals surface area contributed by atoms with Crippen LogP contribution in [0, 0.1) is 0 Å². The summed E-state index contributed by atoms with van der Waals surface area (Å²) in [5.41, 5.74) is 5.78. The van der Waals surface area contributed by atoms with E-state index in [0.29, 0.717) is 0 Å². The number of fused-ring (bicyclic) bond motifs is 2. The normalized spacial score (nSPS) is 18.5. The Morgan fingerprint density at radius 2 is 1.93 bits per heavy atom. The molecule has 2 aliphatic heterocycles. The number of hydrogen-bond acceptors (Lipinski definition) is 5. The molecule has 27 heavy (non-hydrogen) atoms. The van der Waals surface area contributed by atoms with Crippen LogP contribution in [0.15, 0.2) is 66.9 Å². The van der Waals surface area contributed by atoms with Crippen LogP contribution in [0.25, 0.3) is 0 Å². The van der Waals surface area contributed by atoms with Crippen molar-refractivity contribution in [3.8, 4) is 0 Å². The Morgan fingerprint density at radius 1 is 1.00 bits per heavy atom. The second-order valence-electron chi connectivity index (χ2n) is 6.94. The molecule has 5 heteroatoms. The van der Waals surface area contributed by atoms with Gasteiger partial charge in [-0.15, -0.1) is 0 Å². The average molecular weight is 358 g/mol. The molecule has 3 aromatic rings. The van der Waals surface area contributed by atoms with Crippen molar-refractivity contribution in [3.63, 3.8) is 0 Å². The molecule has 2 N–H and O–H groups in total. The van der Waals surface area contributed by atoms with E-state index in [1.54, 1.807) is 0 Å². The van der Waals surface area contributed by atoms with Gasteiger partial charge in [-0.05, 0) is 29.8 Å². The van der Waals surface area contributed by atoms with Gasteiger partial charge < -0.3 is 20.3 Å². The fourth-order valence-corrected chi connectivity index (χ4v) is 3.75. The van der Waals surface area contributed by atoms with Crippen LogP contribution < -0.4 is 15.5 Å². The number of aromatic nitrogens is 1. The monoisotopic (exact) mass is 358 g/mol. The molecule has 1 aromatic heterocycles. The predicted molar refractivity (Wildman–Crippen MR) is 109 cm³/mol. The van der Waals surface area contributed by atoms with E-state index in [1.807, 2.05) is 18.3 Å². The van der Waals surface area contributed by atoms with Gasteiger partial charge in [0.25, 0.3) is 0 Å². The summed E-state index contributed by atoms with van der Waals surface area (Å²) in [5, 5.41) is 6.99. The van der Waals surface area contributed by atoms with Crippen LogP contribution in [0.5, 0.6) is 0 Å². The molecule has 136 valence electrons. The minimum absolute atomic E-state index is 0.110. The molecule has 3 heterocycles. The molecule has 0 aliphatic carbocycles. The van der Waals surface area contributed by atoms with Crippen molar-refractivity contribution < 1.29 is 4.74 Å². The maximum atomic E-state index is 6.01. The van der Waals surface area contributed by atoms with Gasteiger partial charge in [0.2, 0.25) is 0 Å². The van der Waals surface area contributed by atoms with Crippen LogP contribution in [-0.2, 0) is 11.3 Å². The SMILES string of the molecule is c1ccc(C2CN(c3ccc4c(c3)NCc3cccnc3N4)CCO2)cc1. The molecular weight excluding hydrogens is 336 g/mol. The molecule has 0 radical (unpaired) electrons. The van der Waals surface area contributed by atoms with Gasteiger partial charge in [-0.2, -0.15) is 0 Å². The number of rotatable bonds is 2. The Labute approximate surface area is 159 Å². The summed E-state index contributed by atoms with van der Waals surface area (Å²) >= 11 is 0. The van der Waals surface area contributed by atoms with Crippen molar-refractivity contribution >= 4 is 22.9 Å². The zero-order valence-corrected chi connectivity index (χ0v) is 15.1. The Hall–Kier alpha value is -3.05. The summed E-state index contributed by atoms with van der Waals surface area (Å²) < 4.78 is 6.01. The molecule has 0 spiro atoms. The number of nitrogens with zero attached hydrogens (tertiary/aromatic N) is 2. The number of benzene rings is 2. The van der Waals surface area contributed by atoms with E-state index < -0.39 is 0 Å². The molecule has 5 nitrogen and oxygen atoms in total. The predicted octanol–water partition coefficient (Wildman–Crippen LogP) is 4.33. The highest BCUT2D eigenvalue weighted by Crippen LogP contribution is 2.35. The van der Waals surface area contributed by atoms with Gasteiger partial charge in [0, 0.05) is 37.1 Å². The minimum atomic E-state index is 0.110. The summed E-state index contributed by atoms with van der Waals surface area (Å²) in [6.45, 7) is 3.26. The first-order valence-corrected chi connectivity index (χ1v) is 9.37. The van der Waals surface area contributed by atoms with Crippen molar-refractivity contribution in [3.05, 3.63) is 78.0 Å². The van der Waals surface area contributed by atoms with Gasteiger partial charge >= 0.3 is 0 Å². The average Bonchev–Trinajstić information content (AvgIpc) is 2.93. The van der Waals surface area contributed by atoms with E-state index in [9.17, 15) is 0 Å². The fraction of sp³-hybridized carbons (Fsp3) is 0.227. The van der Waals surface area contributed by atoms with Crippen LogP contribution in [0.2, 0.25) is 0 Å². The molecule has 1 atom stereocenters. The summed E-state index contributed by atoms with van der Waals surface area (Å²) in [7, 11) is 0. The standard InChI is InChI=1S/C22H22N4O/c1-2-5-16(6-3-1)21-15-26(11-12-27-21)18-8-9-19-20(13-18)24-14-17-7-4-10-23-22(17)25-19/h1-10,13,21,24H,11-12,14-15H2,(H,23,25). The van der Waals surface area contributed by atoms with Crippen molar-refractivity contribution in [2.75, 3.05) is 35.2 Å². The molecule has 1 unspecified atom stereocenters. The van der Waals surface area contributed by atoms with E-state index in [-0.39, 0.29) is 6.10 Å². The van der Waals surface area contributed by atoms with Gasteiger partial charge in [0.1, 0.15) is 11.9 Å². The summed E-state index contributed by atoms with van der Waals surface area (Å²) in [4.78, 5) is 6.86. The van der Waals surface area contributed by atoms with Gasteiger partial charge in [0.05, 0.1) is 18.0 Å². The number of morpholine rings is 1. The topological polar surface area (TPSA) is 49.4 Å². The number of pyridine rings is 1. The fourth-order valence-electron chi connectivity index (χ4n) is 3.75. The first-order valence-electron chi connectivity index (χ1n) is 9.37. The van der Waals surface area contributed by atoms with Crippen LogP contribution in [0.4, 0.5) is 22.9 Å². The van der Waals surface area contributed by atoms with Crippen LogP contribution in [0.1, 0.15) is 17.2 Å². The molecule has 5 rings (SSSR count). The molecule has 0 bridgehead atoms. The van der Waals surface area contributed by atoms with Crippen LogP contribution in [0.3, 0.4) is 0 Å². The molecule has 1 saturated heterocycles. The molecule has 0 amide bonds. The third-order valence-corrected chi connectivity index (χ3v) is 5.22. The van der Waals surface area contributed by atoms with Crippen molar-refractivity contribution in [2.45, 2.75) is 12.6 Å². The van der Waals surface area contributed by atoms with E-state index >= 15 is 0 Å². The van der Waals surface area contributed by atoms with Gasteiger partial charge in [-0.3, -0.25) is 0 Å². The Morgan fingerprint density at radius 3 is 2.85 bits per heavy atom.